The lowest BCUT2D eigenvalue weighted by Crippen LogP contribution is -2.24. The maximum Gasteiger partial charge on any atom is 0.321 e. The van der Waals surface area contributed by atoms with Crippen LogP contribution >= 0.6 is 0 Å². The Morgan fingerprint density at radius 3 is 2.44 bits per heavy atom. The van der Waals surface area contributed by atoms with Gasteiger partial charge in [-0.25, -0.2) is 8.42 Å². The minimum atomic E-state index is -3.30. The first-order valence-corrected chi connectivity index (χ1v) is 7.59. The minimum Gasteiger partial charge on any atom is -0.465 e. The van der Waals surface area contributed by atoms with Gasteiger partial charge >= 0.3 is 5.97 Å². The minimum absolute atomic E-state index is 0.0619. The largest absolute Gasteiger partial charge is 0.465 e. The predicted octanol–water partition coefficient (Wildman–Crippen LogP) is 1.79. The highest BCUT2D eigenvalue weighted by atomic mass is 32.2. The van der Waals surface area contributed by atoms with E-state index in [1.165, 1.54) is 0 Å². The first-order valence-electron chi connectivity index (χ1n) is 5.77. The first kappa shape index (κ1) is 15.4. The van der Waals surface area contributed by atoms with Crippen molar-refractivity contribution in [2.75, 3.05) is 18.1 Å². The van der Waals surface area contributed by atoms with Gasteiger partial charge in [-0.3, -0.25) is 4.79 Å². The smallest absolute Gasteiger partial charge is 0.321 e. The van der Waals surface area contributed by atoms with Crippen molar-refractivity contribution in [1.29, 1.82) is 0 Å². The third-order valence-corrected chi connectivity index (χ3v) is 4.09. The molecular formula is C11H22O4S. The van der Waals surface area contributed by atoms with Crippen LogP contribution in [0.4, 0.5) is 0 Å². The van der Waals surface area contributed by atoms with Crippen molar-refractivity contribution < 1.29 is 17.9 Å². The summed E-state index contributed by atoms with van der Waals surface area (Å²) in [5.74, 6) is -0.960. The van der Waals surface area contributed by atoms with Crippen LogP contribution in [0.5, 0.6) is 0 Å². The molecule has 1 atom stereocenters. The quantitative estimate of drug-likeness (QED) is 0.487. The number of hydrogen-bond acceptors (Lipinski definition) is 4. The van der Waals surface area contributed by atoms with Crippen molar-refractivity contribution in [3.63, 3.8) is 0 Å². The molecule has 0 aliphatic heterocycles. The zero-order valence-corrected chi connectivity index (χ0v) is 11.2. The molecule has 0 aromatic heterocycles. The van der Waals surface area contributed by atoms with Crippen molar-refractivity contribution in [2.45, 2.75) is 40.0 Å². The fourth-order valence-corrected chi connectivity index (χ4v) is 2.82. The molecule has 0 aliphatic carbocycles. The Morgan fingerprint density at radius 1 is 1.31 bits per heavy atom. The molecule has 0 aromatic rings. The summed E-state index contributed by atoms with van der Waals surface area (Å²) in [7, 11) is -3.30. The van der Waals surface area contributed by atoms with E-state index in [0.29, 0.717) is 6.61 Å². The van der Waals surface area contributed by atoms with Gasteiger partial charge in [0.15, 0.2) is 9.84 Å². The second-order valence-corrected chi connectivity index (χ2v) is 6.25. The summed E-state index contributed by atoms with van der Waals surface area (Å²) < 4.78 is 27.9. The molecule has 4 nitrogen and oxygen atoms in total. The van der Waals surface area contributed by atoms with E-state index in [9.17, 15) is 13.2 Å². The molecule has 0 bridgehead atoms. The average molecular weight is 250 g/mol. The summed E-state index contributed by atoms with van der Waals surface area (Å²) >= 11 is 0. The van der Waals surface area contributed by atoms with E-state index in [0.717, 1.165) is 19.3 Å². The van der Waals surface area contributed by atoms with E-state index in [4.69, 9.17) is 4.74 Å². The molecule has 0 saturated heterocycles. The maximum absolute atomic E-state index is 11.5. The van der Waals surface area contributed by atoms with Gasteiger partial charge in [-0.2, -0.15) is 0 Å². The Kier molecular flexibility index (Phi) is 7.38. The molecule has 5 heteroatoms. The van der Waals surface area contributed by atoms with E-state index in [1.807, 2.05) is 20.8 Å². The number of rotatable bonds is 8. The molecular weight excluding hydrogens is 228 g/mol. The number of ether oxygens (including phenoxy) is 1. The van der Waals surface area contributed by atoms with Crippen LogP contribution in [0.3, 0.4) is 0 Å². The van der Waals surface area contributed by atoms with Crippen LogP contribution in [0.2, 0.25) is 0 Å². The highest BCUT2D eigenvalue weighted by Crippen LogP contribution is 2.06. The van der Waals surface area contributed by atoms with E-state index in [2.05, 4.69) is 0 Å². The monoisotopic (exact) mass is 250 g/mol. The molecule has 0 amide bonds. The van der Waals surface area contributed by atoms with Gasteiger partial charge < -0.3 is 4.74 Å². The van der Waals surface area contributed by atoms with Gasteiger partial charge in [-0.15, -0.1) is 0 Å². The van der Waals surface area contributed by atoms with Crippen LogP contribution in [0.15, 0.2) is 0 Å². The summed E-state index contributed by atoms with van der Waals surface area (Å²) in [6, 6.07) is 0. The number of unbranched alkanes of at least 4 members (excludes halogenated alkanes) is 1. The van der Waals surface area contributed by atoms with Crippen molar-refractivity contribution in [3.8, 4) is 0 Å². The molecule has 0 aliphatic rings. The van der Waals surface area contributed by atoms with Gasteiger partial charge in [0.1, 0.15) is 5.75 Å². The molecule has 96 valence electrons. The molecule has 0 spiro atoms. The van der Waals surface area contributed by atoms with Crippen LogP contribution in [0, 0.1) is 5.92 Å². The summed E-state index contributed by atoms with van der Waals surface area (Å²) in [6.07, 6.45) is 2.49. The second kappa shape index (κ2) is 7.65. The Balaban J connectivity index is 4.01. The number of carbonyl (C=O) groups is 1. The lowest BCUT2D eigenvalue weighted by atomic mass is 10.2. The Morgan fingerprint density at radius 2 is 1.94 bits per heavy atom. The molecule has 0 aromatic carbocycles. The first-order chi connectivity index (χ1) is 7.41. The lowest BCUT2D eigenvalue weighted by Gasteiger charge is -2.09. The van der Waals surface area contributed by atoms with Crippen LogP contribution < -0.4 is 0 Å². The van der Waals surface area contributed by atoms with Gasteiger partial charge in [0.25, 0.3) is 0 Å². The second-order valence-electron chi connectivity index (χ2n) is 4.14. The highest BCUT2D eigenvalue weighted by molar-refractivity contribution is 7.92. The summed E-state index contributed by atoms with van der Waals surface area (Å²) in [6.45, 7) is 6.08. The third-order valence-electron chi connectivity index (χ3n) is 2.33. The van der Waals surface area contributed by atoms with Crippen LogP contribution in [-0.4, -0.2) is 32.5 Å². The highest BCUT2D eigenvalue weighted by Gasteiger charge is 2.20. The van der Waals surface area contributed by atoms with E-state index >= 15 is 0 Å². The Bertz CT molecular complexity index is 295. The molecule has 0 fully saturated rings. The normalized spacial score (nSPS) is 13.4. The predicted molar refractivity (Wildman–Crippen MR) is 64.0 cm³/mol. The van der Waals surface area contributed by atoms with Crippen LogP contribution in [-0.2, 0) is 19.4 Å². The van der Waals surface area contributed by atoms with Gasteiger partial charge in [0.2, 0.25) is 0 Å². The zero-order valence-electron chi connectivity index (χ0n) is 10.4. The SMILES string of the molecule is CCCCOC(=O)CS(=O)(=O)CC(C)CC. The number of hydrogen-bond donors (Lipinski definition) is 0. The van der Waals surface area contributed by atoms with Crippen molar-refractivity contribution >= 4 is 15.8 Å². The van der Waals surface area contributed by atoms with Crippen molar-refractivity contribution in [3.05, 3.63) is 0 Å². The van der Waals surface area contributed by atoms with Crippen molar-refractivity contribution in [2.24, 2.45) is 5.92 Å². The lowest BCUT2D eigenvalue weighted by molar-refractivity contribution is -0.140. The van der Waals surface area contributed by atoms with E-state index in [-0.39, 0.29) is 11.7 Å². The fourth-order valence-electron chi connectivity index (χ4n) is 1.16. The molecule has 0 rings (SSSR count). The summed E-state index contributed by atoms with van der Waals surface area (Å²) in [4.78, 5) is 11.2. The average Bonchev–Trinajstić information content (AvgIpc) is 2.16. The maximum atomic E-state index is 11.5. The molecule has 0 heterocycles. The third kappa shape index (κ3) is 7.68. The number of sulfone groups is 1. The van der Waals surface area contributed by atoms with Crippen LogP contribution in [0.1, 0.15) is 40.0 Å². The standard InChI is InChI=1S/C11H22O4S/c1-4-6-7-15-11(12)9-16(13,14)8-10(3)5-2/h10H,4-9H2,1-3H3. The van der Waals surface area contributed by atoms with Gasteiger partial charge in [0, 0.05) is 0 Å². The zero-order chi connectivity index (χ0) is 12.6. The van der Waals surface area contributed by atoms with Gasteiger partial charge in [-0.05, 0) is 12.3 Å². The molecule has 0 N–H and O–H groups in total. The Hall–Kier alpha value is -0.580. The number of carbonyl (C=O) groups excluding carboxylic acids is 1. The van der Waals surface area contributed by atoms with E-state index < -0.39 is 21.6 Å². The fraction of sp³-hybridized carbons (Fsp3) is 0.909. The topological polar surface area (TPSA) is 60.4 Å². The molecule has 0 saturated carbocycles. The summed E-state index contributed by atoms with van der Waals surface area (Å²) in [5, 5.41) is 0. The van der Waals surface area contributed by atoms with Crippen molar-refractivity contribution in [1.82, 2.24) is 0 Å². The molecule has 0 radical (unpaired) electrons. The summed E-state index contributed by atoms with van der Waals surface area (Å²) in [5.41, 5.74) is 0. The van der Waals surface area contributed by atoms with E-state index in [1.54, 1.807) is 0 Å². The van der Waals surface area contributed by atoms with Gasteiger partial charge in [0.05, 0.1) is 12.4 Å². The van der Waals surface area contributed by atoms with Crippen LogP contribution in [0.25, 0.3) is 0 Å². The number of esters is 1. The molecule has 1 unspecified atom stereocenters. The van der Waals surface area contributed by atoms with Gasteiger partial charge in [-0.1, -0.05) is 33.6 Å². The molecule has 16 heavy (non-hydrogen) atoms. The Labute approximate surface area is 98.3 Å².